The lowest BCUT2D eigenvalue weighted by Gasteiger charge is -2.16. The fourth-order valence-corrected chi connectivity index (χ4v) is 5.52. The van der Waals surface area contributed by atoms with Crippen molar-refractivity contribution in [2.24, 2.45) is 0 Å². The Kier molecular flexibility index (Phi) is 6.04. The van der Waals surface area contributed by atoms with Crippen LogP contribution in [0.2, 0.25) is 5.02 Å². The van der Waals surface area contributed by atoms with Crippen molar-refractivity contribution in [2.75, 3.05) is 13.1 Å². The molecule has 1 N–H and O–H groups in total. The summed E-state index contributed by atoms with van der Waals surface area (Å²) in [5.41, 5.74) is 5.22. The number of rotatable bonds is 8. The maximum absolute atomic E-state index is 14.5. The number of hydrogen-bond donors (Lipinski definition) is 1. The summed E-state index contributed by atoms with van der Waals surface area (Å²) in [7, 11) is 0. The minimum Gasteiger partial charge on any atom is -0.345 e. The minimum atomic E-state index is -0.577. The first-order valence-electron chi connectivity index (χ1n) is 13.2. The highest BCUT2D eigenvalue weighted by molar-refractivity contribution is 6.31. The van der Waals surface area contributed by atoms with Crippen LogP contribution in [0, 0.1) is 5.82 Å². The van der Waals surface area contributed by atoms with Crippen molar-refractivity contribution >= 4 is 28.7 Å². The molecular weight excluding hydrogens is 521 g/mol. The highest BCUT2D eigenvalue weighted by atomic mass is 35.5. The third-order valence-corrected chi connectivity index (χ3v) is 7.81. The van der Waals surface area contributed by atoms with E-state index in [0.717, 1.165) is 31.0 Å². The van der Waals surface area contributed by atoms with Gasteiger partial charge in [0.05, 0.1) is 42.0 Å². The van der Waals surface area contributed by atoms with Crippen LogP contribution in [0.25, 0.3) is 11.2 Å². The summed E-state index contributed by atoms with van der Waals surface area (Å²) in [6.45, 7) is 3.60. The van der Waals surface area contributed by atoms with Gasteiger partial charge in [-0.2, -0.15) is 0 Å². The van der Waals surface area contributed by atoms with Gasteiger partial charge < -0.3 is 14.1 Å². The molecule has 0 atom stereocenters. The van der Waals surface area contributed by atoms with Crippen LogP contribution < -0.4 is 5.32 Å². The van der Waals surface area contributed by atoms with E-state index < -0.39 is 11.7 Å². The molecule has 10 nitrogen and oxygen atoms in total. The van der Waals surface area contributed by atoms with Gasteiger partial charge in [0.1, 0.15) is 11.2 Å². The molecular formula is C27H27ClFN9O. The number of pyridine rings is 2. The Labute approximate surface area is 228 Å². The Morgan fingerprint density at radius 1 is 1.13 bits per heavy atom. The fourth-order valence-electron chi connectivity index (χ4n) is 5.37. The van der Waals surface area contributed by atoms with Crippen molar-refractivity contribution in [1.82, 2.24) is 44.0 Å². The third-order valence-electron chi connectivity index (χ3n) is 7.52. The number of halogens is 2. The molecule has 0 radical (unpaired) electrons. The van der Waals surface area contributed by atoms with Crippen molar-refractivity contribution in [3.8, 4) is 0 Å². The van der Waals surface area contributed by atoms with Gasteiger partial charge in [-0.1, -0.05) is 16.8 Å². The highest BCUT2D eigenvalue weighted by Crippen LogP contribution is 2.40. The van der Waals surface area contributed by atoms with E-state index in [0.29, 0.717) is 18.2 Å². The average Bonchev–Trinajstić information content (AvgIpc) is 3.30. The summed E-state index contributed by atoms with van der Waals surface area (Å²) >= 11 is 5.91. The van der Waals surface area contributed by atoms with E-state index in [1.54, 1.807) is 17.1 Å². The molecule has 1 amide bonds. The summed E-state index contributed by atoms with van der Waals surface area (Å²) in [5.74, 6) is -0.350. The van der Waals surface area contributed by atoms with Crippen LogP contribution in [0.15, 0.2) is 43.2 Å². The molecule has 39 heavy (non-hydrogen) atoms. The van der Waals surface area contributed by atoms with E-state index in [4.69, 9.17) is 16.6 Å². The molecule has 5 aromatic heterocycles. The van der Waals surface area contributed by atoms with E-state index in [1.165, 1.54) is 53.6 Å². The molecule has 0 spiro atoms. The van der Waals surface area contributed by atoms with E-state index >= 15 is 0 Å². The summed E-state index contributed by atoms with van der Waals surface area (Å²) in [6.07, 6.45) is 13.9. The molecule has 7 rings (SSSR count). The van der Waals surface area contributed by atoms with Crippen molar-refractivity contribution in [2.45, 2.75) is 51.2 Å². The second-order valence-corrected chi connectivity index (χ2v) is 10.8. The second kappa shape index (κ2) is 9.73. The van der Waals surface area contributed by atoms with Gasteiger partial charge in [-0.25, -0.2) is 19.0 Å². The molecule has 200 valence electrons. The molecule has 1 aliphatic carbocycles. The first kappa shape index (κ1) is 24.2. The van der Waals surface area contributed by atoms with Crippen LogP contribution in [0.3, 0.4) is 0 Å². The van der Waals surface area contributed by atoms with Crippen LogP contribution in [0.1, 0.15) is 64.6 Å². The zero-order valence-electron chi connectivity index (χ0n) is 21.2. The summed E-state index contributed by atoms with van der Waals surface area (Å²) in [4.78, 5) is 24.4. The smallest absolute Gasteiger partial charge is 0.273 e. The summed E-state index contributed by atoms with van der Waals surface area (Å²) in [6, 6.07) is 3.79. The van der Waals surface area contributed by atoms with E-state index in [2.05, 4.69) is 42.2 Å². The van der Waals surface area contributed by atoms with Crippen LogP contribution in [-0.4, -0.2) is 57.7 Å². The van der Waals surface area contributed by atoms with Gasteiger partial charge in [0, 0.05) is 30.7 Å². The molecule has 2 fully saturated rings. The lowest BCUT2D eigenvalue weighted by atomic mass is 10.1. The number of nitrogens with one attached hydrogen (secondary N) is 1. The summed E-state index contributed by atoms with van der Waals surface area (Å²) < 4.78 is 19.7. The van der Waals surface area contributed by atoms with E-state index in [9.17, 15) is 9.18 Å². The number of imidazole rings is 2. The normalized spacial score (nSPS) is 16.1. The Balaban J connectivity index is 1.07. The first-order valence-corrected chi connectivity index (χ1v) is 13.6. The molecule has 6 heterocycles. The number of aromatic nitrogens is 7. The van der Waals surface area contributed by atoms with Gasteiger partial charge in [-0.15, -0.1) is 5.10 Å². The monoisotopic (exact) mass is 547 g/mol. The van der Waals surface area contributed by atoms with Gasteiger partial charge in [-0.05, 0) is 62.4 Å². The van der Waals surface area contributed by atoms with Crippen molar-refractivity contribution in [1.29, 1.82) is 0 Å². The molecule has 1 saturated carbocycles. The average molecular weight is 548 g/mol. The Morgan fingerprint density at radius 2 is 1.97 bits per heavy atom. The van der Waals surface area contributed by atoms with E-state index in [1.807, 2.05) is 6.20 Å². The number of carbonyl (C=O) groups is 1. The van der Waals surface area contributed by atoms with Crippen molar-refractivity contribution in [3.63, 3.8) is 0 Å². The van der Waals surface area contributed by atoms with E-state index in [-0.39, 0.29) is 22.8 Å². The number of nitrogens with zero attached hydrogens (tertiary/aromatic N) is 8. The fraction of sp³-hybridized carbons (Fsp3) is 0.370. The second-order valence-electron chi connectivity index (χ2n) is 10.4. The molecule has 12 heteroatoms. The minimum absolute atomic E-state index is 0.00241. The first-order chi connectivity index (χ1) is 19.0. The zero-order valence-corrected chi connectivity index (χ0v) is 22.0. The largest absolute Gasteiger partial charge is 0.345 e. The predicted octanol–water partition coefficient (Wildman–Crippen LogP) is 3.82. The molecule has 5 aromatic rings. The Morgan fingerprint density at radius 3 is 2.79 bits per heavy atom. The molecule has 1 saturated heterocycles. The Hall–Kier alpha value is -3.83. The zero-order chi connectivity index (χ0) is 26.5. The number of hydrogen-bond acceptors (Lipinski definition) is 6. The maximum atomic E-state index is 14.5. The van der Waals surface area contributed by atoms with Crippen LogP contribution in [0.5, 0.6) is 0 Å². The van der Waals surface area contributed by atoms with Crippen LogP contribution in [-0.2, 0) is 19.6 Å². The van der Waals surface area contributed by atoms with Gasteiger partial charge in [-0.3, -0.25) is 9.69 Å². The van der Waals surface area contributed by atoms with Gasteiger partial charge in [0.2, 0.25) is 0 Å². The lowest BCUT2D eigenvalue weighted by Crippen LogP contribution is -2.23. The number of amides is 1. The lowest BCUT2D eigenvalue weighted by molar-refractivity contribution is 0.0945. The van der Waals surface area contributed by atoms with Crippen LogP contribution >= 0.6 is 11.6 Å². The maximum Gasteiger partial charge on any atom is 0.273 e. The predicted molar refractivity (Wildman–Crippen MR) is 142 cm³/mol. The number of carbonyl (C=O) groups excluding carboxylic acids is 1. The third kappa shape index (κ3) is 4.76. The Bertz CT molecular complexity index is 1700. The van der Waals surface area contributed by atoms with Gasteiger partial charge in [0.15, 0.2) is 11.5 Å². The molecule has 1 aliphatic heterocycles. The standard InChI is InChI=1S/C27H27ClFN9O/c28-21-5-8-36-16-31-22(25(36)24(21)29)10-30-27(39)23-15-38(34-33-23)14-20-13-37-12-18(17-3-4-17)9-19(26(37)32-20)11-35-6-1-2-7-35/h5,8-9,12-13,15-17H,1-4,6-7,10-11,14H2,(H,30,39). The number of likely N-dealkylation sites (tertiary alicyclic amines) is 1. The van der Waals surface area contributed by atoms with Gasteiger partial charge >= 0.3 is 0 Å². The molecule has 2 aliphatic rings. The molecule has 0 aromatic carbocycles. The summed E-state index contributed by atoms with van der Waals surface area (Å²) in [5, 5.41) is 10.9. The van der Waals surface area contributed by atoms with Gasteiger partial charge in [0.25, 0.3) is 5.91 Å². The topological polar surface area (TPSA) is 97.7 Å². The number of fused-ring (bicyclic) bond motifs is 2. The van der Waals surface area contributed by atoms with Crippen molar-refractivity contribution in [3.05, 3.63) is 82.3 Å². The molecule has 0 unspecified atom stereocenters. The molecule has 0 bridgehead atoms. The van der Waals surface area contributed by atoms with Crippen LogP contribution in [0.4, 0.5) is 4.39 Å². The quantitative estimate of drug-likeness (QED) is 0.317. The SMILES string of the molecule is O=C(NCc1ncn2ccc(Cl)c(F)c12)c1cn(Cc2cn3cc(C4CC4)cc(CN4CCCC4)c3n2)nn1. The highest BCUT2D eigenvalue weighted by Gasteiger charge is 2.26. The van der Waals surface area contributed by atoms with Crippen molar-refractivity contribution < 1.29 is 9.18 Å².